The summed E-state index contributed by atoms with van der Waals surface area (Å²) in [6.45, 7) is 11.8. The quantitative estimate of drug-likeness (QED) is 0.475. The smallest absolute Gasteiger partial charge is 0.270 e. The highest BCUT2D eigenvalue weighted by Gasteiger charge is 2.31. The number of ether oxygens (including phenoxy) is 1. The second kappa shape index (κ2) is 11.4. The van der Waals surface area contributed by atoms with Gasteiger partial charge < -0.3 is 4.74 Å². The number of benzene rings is 1. The number of nitrogens with one attached hydrogen (secondary N) is 1. The molecule has 27 heavy (non-hydrogen) atoms. The Morgan fingerprint density at radius 3 is 2.37 bits per heavy atom. The van der Waals surface area contributed by atoms with Crippen LogP contribution in [0.2, 0.25) is 0 Å². The van der Waals surface area contributed by atoms with Crippen LogP contribution in [0.5, 0.6) is 5.75 Å². The minimum absolute atomic E-state index is 0.0568. The first-order valence-corrected chi connectivity index (χ1v) is 9.83. The van der Waals surface area contributed by atoms with Gasteiger partial charge in [-0.25, -0.2) is 5.01 Å². The van der Waals surface area contributed by atoms with Crippen LogP contribution in [0.15, 0.2) is 36.4 Å². The second-order valence-corrected chi connectivity index (χ2v) is 6.94. The number of nitrogens with zero attached hydrogens (tertiary/aromatic N) is 1. The van der Waals surface area contributed by atoms with Crippen LogP contribution in [0.4, 0.5) is 0 Å². The van der Waals surface area contributed by atoms with Crippen molar-refractivity contribution in [3.63, 3.8) is 0 Å². The molecular formula is C22H34N2O3. The van der Waals surface area contributed by atoms with Crippen LogP contribution in [-0.4, -0.2) is 30.0 Å². The molecule has 0 radical (unpaired) electrons. The molecule has 150 valence electrons. The number of carbonyl (C=O) groups is 2. The van der Waals surface area contributed by atoms with Crippen molar-refractivity contribution in [1.29, 1.82) is 0 Å². The summed E-state index contributed by atoms with van der Waals surface area (Å²) in [6.07, 6.45) is 4.76. The lowest BCUT2D eigenvalue weighted by Crippen LogP contribution is -2.54. The molecule has 0 saturated heterocycles. The zero-order valence-electron chi connectivity index (χ0n) is 17.4. The number of hydrogen-bond donors (Lipinski definition) is 1. The van der Waals surface area contributed by atoms with Crippen LogP contribution in [0, 0.1) is 5.92 Å². The van der Waals surface area contributed by atoms with Gasteiger partial charge in [0.25, 0.3) is 11.8 Å². The van der Waals surface area contributed by atoms with Crippen LogP contribution in [0.1, 0.15) is 70.2 Å². The zero-order chi connectivity index (χ0) is 20.4. The van der Waals surface area contributed by atoms with E-state index in [1.807, 2.05) is 0 Å². The van der Waals surface area contributed by atoms with Gasteiger partial charge in [0.2, 0.25) is 0 Å². The summed E-state index contributed by atoms with van der Waals surface area (Å²) in [4.78, 5) is 25.7. The van der Waals surface area contributed by atoms with E-state index in [1.54, 1.807) is 38.3 Å². The van der Waals surface area contributed by atoms with Crippen molar-refractivity contribution in [3.05, 3.63) is 42.0 Å². The molecular weight excluding hydrogens is 340 g/mol. The molecule has 0 aliphatic carbocycles. The number of hydrazine groups is 1. The lowest BCUT2D eigenvalue weighted by atomic mass is 9.88. The van der Waals surface area contributed by atoms with Gasteiger partial charge in [-0.2, -0.15) is 0 Å². The third-order valence-electron chi connectivity index (χ3n) is 4.78. The lowest BCUT2D eigenvalue weighted by molar-refractivity contribution is -0.134. The minimum Gasteiger partial charge on any atom is -0.497 e. The van der Waals surface area contributed by atoms with Crippen molar-refractivity contribution < 1.29 is 14.3 Å². The van der Waals surface area contributed by atoms with Gasteiger partial charge in [-0.05, 0) is 43.9 Å². The summed E-state index contributed by atoms with van der Waals surface area (Å²) in [5.74, 6) is 0.363. The van der Waals surface area contributed by atoms with Crippen molar-refractivity contribution >= 4 is 11.8 Å². The van der Waals surface area contributed by atoms with Crippen molar-refractivity contribution in [3.8, 4) is 5.75 Å². The molecule has 1 aromatic carbocycles. The molecule has 0 saturated carbocycles. The second-order valence-electron chi connectivity index (χ2n) is 6.94. The molecule has 0 spiro atoms. The van der Waals surface area contributed by atoms with Crippen LogP contribution in [0.25, 0.3) is 0 Å². The Bertz CT molecular complexity index is 642. The SMILES string of the molecule is C=C(C)C(=O)N(NC(=O)c1cccc(OC)c1)C(CCC)C(CC)CCC. The normalized spacial score (nSPS) is 12.8. The molecule has 2 amide bonds. The Morgan fingerprint density at radius 2 is 1.85 bits per heavy atom. The van der Waals surface area contributed by atoms with Gasteiger partial charge in [0, 0.05) is 11.1 Å². The Hall–Kier alpha value is -2.30. The molecule has 0 aliphatic rings. The molecule has 1 aromatic rings. The highest BCUT2D eigenvalue weighted by atomic mass is 16.5. The summed E-state index contributed by atoms with van der Waals surface area (Å²) in [7, 11) is 1.56. The molecule has 0 bridgehead atoms. The van der Waals surface area contributed by atoms with Gasteiger partial charge in [0.15, 0.2) is 0 Å². The van der Waals surface area contributed by atoms with E-state index >= 15 is 0 Å². The standard InChI is InChI=1S/C22H34N2O3/c1-7-11-17(9-3)20(12-8-2)24(22(26)16(4)5)23-21(25)18-13-10-14-19(15-18)27-6/h10,13-15,17,20H,4,7-9,11-12H2,1-3,5-6H3,(H,23,25). The van der Waals surface area contributed by atoms with Crippen molar-refractivity contribution in [1.82, 2.24) is 10.4 Å². The van der Waals surface area contributed by atoms with Crippen LogP contribution < -0.4 is 10.2 Å². The fraction of sp³-hybridized carbons (Fsp3) is 0.545. The van der Waals surface area contributed by atoms with Gasteiger partial charge in [-0.1, -0.05) is 52.7 Å². The highest BCUT2D eigenvalue weighted by Crippen LogP contribution is 2.25. The van der Waals surface area contributed by atoms with E-state index in [-0.39, 0.29) is 17.9 Å². The lowest BCUT2D eigenvalue weighted by Gasteiger charge is -2.37. The van der Waals surface area contributed by atoms with E-state index in [9.17, 15) is 9.59 Å². The third kappa shape index (κ3) is 6.42. The third-order valence-corrected chi connectivity index (χ3v) is 4.78. The number of hydrogen-bond acceptors (Lipinski definition) is 3. The van der Waals surface area contributed by atoms with Crippen LogP contribution >= 0.6 is 0 Å². The topological polar surface area (TPSA) is 58.6 Å². The largest absolute Gasteiger partial charge is 0.497 e. The van der Waals surface area contributed by atoms with Crippen molar-refractivity contribution in [2.24, 2.45) is 5.92 Å². The number of carbonyl (C=O) groups excluding carboxylic acids is 2. The van der Waals surface area contributed by atoms with E-state index in [0.717, 1.165) is 32.1 Å². The summed E-state index contributed by atoms with van der Waals surface area (Å²) in [5.41, 5.74) is 3.71. The van der Waals surface area contributed by atoms with Crippen molar-refractivity contribution in [2.75, 3.05) is 7.11 Å². The maximum atomic E-state index is 12.9. The van der Waals surface area contributed by atoms with Crippen LogP contribution in [0.3, 0.4) is 0 Å². The maximum absolute atomic E-state index is 12.9. The molecule has 2 unspecified atom stereocenters. The molecule has 2 atom stereocenters. The zero-order valence-corrected chi connectivity index (χ0v) is 17.4. The van der Waals surface area contributed by atoms with E-state index < -0.39 is 0 Å². The Kier molecular flexibility index (Phi) is 9.62. The molecule has 1 rings (SSSR count). The Labute approximate surface area is 163 Å². The molecule has 0 heterocycles. The summed E-state index contributed by atoms with van der Waals surface area (Å²) in [5, 5.41) is 1.51. The van der Waals surface area contributed by atoms with Gasteiger partial charge >= 0.3 is 0 Å². The first kappa shape index (κ1) is 22.7. The Balaban J connectivity index is 3.19. The first-order valence-electron chi connectivity index (χ1n) is 9.83. The molecule has 0 aliphatic heterocycles. The average Bonchev–Trinajstić information content (AvgIpc) is 2.68. The molecule has 1 N–H and O–H groups in total. The summed E-state index contributed by atoms with van der Waals surface area (Å²) < 4.78 is 5.19. The van der Waals surface area contributed by atoms with Crippen LogP contribution in [-0.2, 0) is 4.79 Å². The molecule has 0 aromatic heterocycles. The summed E-state index contributed by atoms with van der Waals surface area (Å²) >= 11 is 0. The van der Waals surface area contributed by atoms with E-state index in [4.69, 9.17) is 4.74 Å². The van der Waals surface area contributed by atoms with Gasteiger partial charge in [-0.3, -0.25) is 15.0 Å². The monoisotopic (exact) mass is 374 g/mol. The molecule has 5 nitrogen and oxygen atoms in total. The number of rotatable bonds is 10. The predicted octanol–water partition coefficient (Wildman–Crippen LogP) is 4.74. The van der Waals surface area contributed by atoms with E-state index in [2.05, 4.69) is 32.8 Å². The van der Waals surface area contributed by atoms with Crippen molar-refractivity contribution in [2.45, 2.75) is 65.8 Å². The average molecular weight is 375 g/mol. The fourth-order valence-corrected chi connectivity index (χ4v) is 3.34. The number of methoxy groups -OCH3 is 1. The first-order chi connectivity index (χ1) is 12.9. The fourth-order valence-electron chi connectivity index (χ4n) is 3.34. The highest BCUT2D eigenvalue weighted by molar-refractivity contribution is 5.98. The Morgan fingerprint density at radius 1 is 1.19 bits per heavy atom. The van der Waals surface area contributed by atoms with Gasteiger partial charge in [0.05, 0.1) is 13.2 Å². The van der Waals surface area contributed by atoms with Gasteiger partial charge in [0.1, 0.15) is 5.75 Å². The molecule has 0 fully saturated rings. The summed E-state index contributed by atoms with van der Waals surface area (Å²) in [6, 6.07) is 6.85. The maximum Gasteiger partial charge on any atom is 0.270 e. The molecule has 5 heteroatoms. The van der Waals surface area contributed by atoms with Gasteiger partial charge in [-0.15, -0.1) is 0 Å². The van der Waals surface area contributed by atoms with E-state index in [1.165, 1.54) is 5.01 Å². The number of amides is 2. The van der Waals surface area contributed by atoms with E-state index in [0.29, 0.717) is 22.8 Å². The minimum atomic E-state index is -0.323. The predicted molar refractivity (Wildman–Crippen MR) is 110 cm³/mol.